The second-order valence-electron chi connectivity index (χ2n) is 15.2. The van der Waals surface area contributed by atoms with Gasteiger partial charge in [-0.1, -0.05) is 5.21 Å². The van der Waals surface area contributed by atoms with Crippen molar-refractivity contribution >= 4 is 40.0 Å². The molecule has 292 valence electrons. The fourth-order valence-corrected chi connectivity index (χ4v) is 8.27. The largest absolute Gasteiger partial charge is 0.368 e. The Morgan fingerprint density at radius 2 is 1.86 bits per heavy atom. The second kappa shape index (κ2) is 16.0. The van der Waals surface area contributed by atoms with E-state index >= 15 is 4.39 Å². The Morgan fingerprint density at radius 3 is 2.61 bits per heavy atom. The maximum Gasteiger partial charge on any atom is 0.328 e. The van der Waals surface area contributed by atoms with Crippen molar-refractivity contribution in [1.82, 2.24) is 45.0 Å². The first kappa shape index (κ1) is 37.5. The van der Waals surface area contributed by atoms with Gasteiger partial charge in [0.1, 0.15) is 23.6 Å². The molecule has 5 aromatic rings. The monoisotopic (exact) mass is 770 g/mol. The van der Waals surface area contributed by atoms with E-state index in [0.717, 1.165) is 75.1 Å². The van der Waals surface area contributed by atoms with Crippen LogP contribution in [0.25, 0.3) is 22.5 Å². The van der Waals surface area contributed by atoms with Crippen LogP contribution < -0.4 is 20.4 Å². The lowest BCUT2D eigenvalue weighted by Gasteiger charge is -2.42. The number of nitrogens with zero attached hydrogens (tertiary/aromatic N) is 12. The van der Waals surface area contributed by atoms with E-state index in [2.05, 4.69) is 64.9 Å². The van der Waals surface area contributed by atoms with Gasteiger partial charge < -0.3 is 10.2 Å². The number of anilines is 3. The van der Waals surface area contributed by atoms with Crippen molar-refractivity contribution in [2.24, 2.45) is 5.92 Å². The zero-order valence-corrected chi connectivity index (χ0v) is 31.8. The number of hydrogen-bond donors (Lipinski definition) is 2. The lowest BCUT2D eigenvalue weighted by molar-refractivity contribution is -0.120. The van der Waals surface area contributed by atoms with Gasteiger partial charge in [-0.3, -0.25) is 19.9 Å². The summed E-state index contributed by atoms with van der Waals surface area (Å²) >= 11 is 0. The van der Waals surface area contributed by atoms with Gasteiger partial charge in [-0.25, -0.2) is 23.8 Å². The molecule has 2 N–H and O–H groups in total. The van der Waals surface area contributed by atoms with E-state index in [1.54, 1.807) is 40.8 Å². The fourth-order valence-electron chi connectivity index (χ4n) is 8.27. The summed E-state index contributed by atoms with van der Waals surface area (Å²) in [7, 11) is 0. The van der Waals surface area contributed by atoms with Crippen LogP contribution in [0.5, 0.6) is 0 Å². The van der Waals surface area contributed by atoms with Crippen molar-refractivity contribution in [2.75, 3.05) is 47.8 Å². The summed E-state index contributed by atoms with van der Waals surface area (Å²) in [5.41, 5.74) is 4.23. The van der Waals surface area contributed by atoms with Crippen molar-refractivity contribution in [3.8, 4) is 23.6 Å². The Labute approximate surface area is 328 Å². The third-order valence-electron chi connectivity index (χ3n) is 11.4. The highest BCUT2D eigenvalue weighted by molar-refractivity contribution is 6.05. The number of carbonyl (C=O) groups excluding carboxylic acids is 2. The zero-order valence-electron chi connectivity index (χ0n) is 31.8. The molecule has 6 heterocycles. The molecule has 3 aliphatic rings. The number of benzene rings is 1. The number of hydrogen-bond acceptors (Lipinski definition) is 12. The standard InChI is InChI=1S/C40H43FN14O2/c1-25(18-42)47-33-17-37(55-39-30(21-46-55)15-28(19-43)20-45-39)44-22-36(33)54-24-34(49-50-54)29-5-3-27(4-6-29)9-11-51-13-14-52(26(2)23-51)31-7-8-35(32(41)16-31)53-12-10-38(56)48-40(53)57/h7-8,15-17,20-22,24-27,29H,3-6,9-14,23H2,1-2H3,(H,44,47)(H,48,56,57)/t25-,26-,27?,29?/m1/s1. The first-order chi connectivity index (χ1) is 27.7. The van der Waals surface area contributed by atoms with E-state index < -0.39 is 17.9 Å². The van der Waals surface area contributed by atoms with Gasteiger partial charge in [-0.2, -0.15) is 20.3 Å². The summed E-state index contributed by atoms with van der Waals surface area (Å²) in [6, 6.07) is 12.0. The quantitative estimate of drug-likeness (QED) is 0.193. The summed E-state index contributed by atoms with van der Waals surface area (Å²) < 4.78 is 18.5. The van der Waals surface area contributed by atoms with Crippen LogP contribution in [-0.2, 0) is 4.79 Å². The minimum Gasteiger partial charge on any atom is -0.368 e. The summed E-state index contributed by atoms with van der Waals surface area (Å²) in [6.45, 7) is 7.68. The Hall–Kier alpha value is -6.46. The number of amides is 3. The number of carbonyl (C=O) groups is 2. The zero-order chi connectivity index (χ0) is 39.6. The Bertz CT molecular complexity index is 2390. The number of halogens is 1. The van der Waals surface area contributed by atoms with E-state index in [1.165, 1.54) is 17.2 Å². The van der Waals surface area contributed by atoms with Crippen LogP contribution in [0.2, 0.25) is 0 Å². The number of aromatic nitrogens is 7. The summed E-state index contributed by atoms with van der Waals surface area (Å²) in [4.78, 5) is 38.9. The average molecular weight is 771 g/mol. The van der Waals surface area contributed by atoms with Crippen LogP contribution in [0.15, 0.2) is 55.1 Å². The molecular formula is C40H43FN14O2. The molecule has 2 atom stereocenters. The molecule has 2 saturated heterocycles. The molecule has 1 saturated carbocycles. The second-order valence-corrected chi connectivity index (χ2v) is 15.2. The molecule has 4 aromatic heterocycles. The van der Waals surface area contributed by atoms with E-state index in [4.69, 9.17) is 0 Å². The van der Waals surface area contributed by atoms with Gasteiger partial charge in [-0.15, -0.1) is 5.10 Å². The van der Waals surface area contributed by atoms with E-state index in [-0.39, 0.29) is 30.6 Å². The van der Waals surface area contributed by atoms with E-state index in [1.807, 2.05) is 18.3 Å². The van der Waals surface area contributed by atoms with E-state index in [9.17, 15) is 20.1 Å². The Morgan fingerprint density at radius 1 is 1.02 bits per heavy atom. The average Bonchev–Trinajstić information content (AvgIpc) is 3.88. The highest BCUT2D eigenvalue weighted by Crippen LogP contribution is 2.37. The normalized spacial score (nSPS) is 20.9. The van der Waals surface area contributed by atoms with Gasteiger partial charge >= 0.3 is 6.03 Å². The predicted molar refractivity (Wildman–Crippen MR) is 209 cm³/mol. The van der Waals surface area contributed by atoms with Gasteiger partial charge in [0.2, 0.25) is 5.91 Å². The number of nitriles is 2. The van der Waals surface area contributed by atoms with Gasteiger partial charge in [0.15, 0.2) is 11.5 Å². The molecule has 0 radical (unpaired) electrons. The molecule has 0 spiro atoms. The molecule has 2 aliphatic heterocycles. The molecule has 8 rings (SSSR count). The molecule has 0 unspecified atom stereocenters. The third kappa shape index (κ3) is 7.84. The van der Waals surface area contributed by atoms with Gasteiger partial charge in [-0.05, 0) is 82.7 Å². The first-order valence-corrected chi connectivity index (χ1v) is 19.4. The van der Waals surface area contributed by atoms with Crippen molar-refractivity contribution in [2.45, 2.75) is 70.4 Å². The maximum absolute atomic E-state index is 15.2. The number of pyridine rings is 2. The fraction of sp³-hybridized carbons (Fsp3) is 0.425. The van der Waals surface area contributed by atoms with Crippen LogP contribution in [-0.4, -0.2) is 96.4 Å². The number of fused-ring (bicyclic) bond motifs is 1. The van der Waals surface area contributed by atoms with Crippen LogP contribution >= 0.6 is 0 Å². The highest BCUT2D eigenvalue weighted by Gasteiger charge is 2.30. The number of imide groups is 1. The predicted octanol–water partition coefficient (Wildman–Crippen LogP) is 5.05. The van der Waals surface area contributed by atoms with E-state index in [0.29, 0.717) is 40.2 Å². The van der Waals surface area contributed by atoms with Crippen molar-refractivity contribution in [3.63, 3.8) is 0 Å². The third-order valence-corrected chi connectivity index (χ3v) is 11.4. The summed E-state index contributed by atoms with van der Waals surface area (Å²) in [5, 5.41) is 38.6. The van der Waals surface area contributed by atoms with Crippen molar-refractivity contribution in [1.29, 1.82) is 10.5 Å². The summed E-state index contributed by atoms with van der Waals surface area (Å²) in [6.07, 6.45) is 12.4. The minimum atomic E-state index is -0.593. The molecule has 17 heteroatoms. The van der Waals surface area contributed by atoms with Gasteiger partial charge in [0.05, 0.1) is 47.3 Å². The number of nitrogens with one attached hydrogen (secondary N) is 2. The van der Waals surface area contributed by atoms with Crippen LogP contribution in [0.1, 0.15) is 69.5 Å². The number of urea groups is 1. The highest BCUT2D eigenvalue weighted by atomic mass is 19.1. The molecule has 0 bridgehead atoms. The topological polar surface area (TPSA) is 190 Å². The molecule has 3 fully saturated rings. The molecule has 1 aliphatic carbocycles. The summed E-state index contributed by atoms with van der Waals surface area (Å²) in [5.74, 6) is 0.618. The molecular weight excluding hydrogens is 728 g/mol. The maximum atomic E-state index is 15.2. The smallest absolute Gasteiger partial charge is 0.328 e. The molecule has 57 heavy (non-hydrogen) atoms. The molecule has 1 aromatic carbocycles. The molecule has 3 amide bonds. The SMILES string of the molecule is C[C@H](C#N)Nc1cc(-n2ncc3cc(C#N)cnc32)ncc1-n1cc(C2CCC(CCN3CCN(c4ccc(N5CCC(=O)NC5=O)c(F)c4)[C@H](C)C3)CC2)nn1. The Balaban J connectivity index is 0.852. The van der Waals surface area contributed by atoms with Crippen LogP contribution in [0.3, 0.4) is 0 Å². The molecule has 16 nitrogen and oxygen atoms in total. The van der Waals surface area contributed by atoms with Gasteiger partial charge in [0, 0.05) is 67.9 Å². The van der Waals surface area contributed by atoms with Crippen molar-refractivity contribution < 1.29 is 14.0 Å². The van der Waals surface area contributed by atoms with Crippen LogP contribution in [0, 0.1) is 34.4 Å². The number of rotatable bonds is 10. The number of piperazine rings is 1. The minimum absolute atomic E-state index is 0.147. The van der Waals surface area contributed by atoms with Crippen molar-refractivity contribution in [3.05, 3.63) is 72.2 Å². The van der Waals surface area contributed by atoms with Gasteiger partial charge in [0.25, 0.3) is 0 Å². The Kier molecular flexibility index (Phi) is 10.5. The van der Waals surface area contributed by atoms with Crippen LogP contribution in [0.4, 0.5) is 26.2 Å². The lowest BCUT2D eigenvalue weighted by atomic mass is 9.79. The lowest BCUT2D eigenvalue weighted by Crippen LogP contribution is -2.52. The first-order valence-electron chi connectivity index (χ1n) is 19.4.